The zero-order chi connectivity index (χ0) is 15.1. The van der Waals surface area contributed by atoms with E-state index in [0.29, 0.717) is 11.3 Å². The average molecular weight is 347 g/mol. The summed E-state index contributed by atoms with van der Waals surface area (Å²) in [5.74, 6) is 0.431. The van der Waals surface area contributed by atoms with Gasteiger partial charge in [0.2, 0.25) is 0 Å². The molecule has 0 amide bonds. The quantitative estimate of drug-likeness (QED) is 0.812. The molecule has 3 rings (SSSR count). The first-order valence-electron chi connectivity index (χ1n) is 7.45. The van der Waals surface area contributed by atoms with Gasteiger partial charge in [-0.15, -0.1) is 0 Å². The molecule has 1 fully saturated rings. The molecule has 0 aromatic heterocycles. The van der Waals surface area contributed by atoms with Gasteiger partial charge in [0.1, 0.15) is 5.76 Å². The second-order valence-electron chi connectivity index (χ2n) is 6.01. The summed E-state index contributed by atoms with van der Waals surface area (Å²) < 4.78 is 0.960. The molecular weight excluding hydrogens is 328 g/mol. The van der Waals surface area contributed by atoms with E-state index in [1.54, 1.807) is 6.08 Å². The zero-order valence-electron chi connectivity index (χ0n) is 12.2. The van der Waals surface area contributed by atoms with Gasteiger partial charge in [0, 0.05) is 16.3 Å². The van der Waals surface area contributed by atoms with Crippen molar-refractivity contribution in [3.05, 3.63) is 45.6 Å². The number of fused-ring (bicyclic) bond motifs is 1. The van der Waals surface area contributed by atoms with Crippen molar-refractivity contribution in [3.63, 3.8) is 0 Å². The Morgan fingerprint density at radius 1 is 1.29 bits per heavy atom. The maximum Gasteiger partial charge on any atom is 0.170 e. The van der Waals surface area contributed by atoms with Crippen LogP contribution in [0.1, 0.15) is 42.4 Å². The van der Waals surface area contributed by atoms with Gasteiger partial charge < -0.3 is 5.11 Å². The number of carbonyl (C=O) groups excluding carboxylic acids is 1. The normalized spacial score (nSPS) is 25.1. The largest absolute Gasteiger partial charge is 0.511 e. The lowest BCUT2D eigenvalue weighted by Crippen LogP contribution is -2.21. The number of aliphatic hydroxyl groups is 1. The van der Waals surface area contributed by atoms with Crippen LogP contribution < -0.4 is 0 Å². The predicted molar refractivity (Wildman–Crippen MR) is 89.0 cm³/mol. The van der Waals surface area contributed by atoms with Crippen LogP contribution in [0.25, 0.3) is 11.6 Å². The third-order valence-corrected chi connectivity index (χ3v) is 5.22. The number of allylic oxidation sites excluding steroid dienone is 2. The lowest BCUT2D eigenvalue weighted by molar-refractivity contribution is -0.118. The first kappa shape index (κ1) is 14.6. The lowest BCUT2D eigenvalue weighted by atomic mass is 9.80. The molecule has 1 N–H and O–H groups in total. The van der Waals surface area contributed by atoms with Crippen molar-refractivity contribution in [1.29, 1.82) is 0 Å². The standard InChI is InChI=1S/C18H19BrO2/c1-3-11-9-12(19)8-10(2)15(11)16-17(20)13-6-4-5-7-14(13)18(16)21/h3,8-9,13-14,20H,1,4-7H2,2H3. The molecule has 0 saturated heterocycles. The lowest BCUT2D eigenvalue weighted by Gasteiger charge is -2.23. The Hall–Kier alpha value is -1.35. The number of aliphatic hydroxyl groups excluding tert-OH is 1. The molecule has 110 valence electrons. The smallest absolute Gasteiger partial charge is 0.170 e. The van der Waals surface area contributed by atoms with Crippen molar-refractivity contribution < 1.29 is 9.90 Å². The Bertz CT molecular complexity index is 657. The van der Waals surface area contributed by atoms with Crippen LogP contribution >= 0.6 is 15.9 Å². The van der Waals surface area contributed by atoms with Crippen LogP contribution in [0.4, 0.5) is 0 Å². The van der Waals surface area contributed by atoms with Crippen LogP contribution in [0.5, 0.6) is 0 Å². The highest BCUT2D eigenvalue weighted by atomic mass is 79.9. The van der Waals surface area contributed by atoms with Gasteiger partial charge in [0.25, 0.3) is 0 Å². The van der Waals surface area contributed by atoms with E-state index < -0.39 is 0 Å². The summed E-state index contributed by atoms with van der Waals surface area (Å²) in [5.41, 5.74) is 3.28. The molecule has 1 aromatic carbocycles. The maximum absolute atomic E-state index is 12.8. The number of hydrogen-bond donors (Lipinski definition) is 1. The fourth-order valence-electron chi connectivity index (χ4n) is 3.79. The van der Waals surface area contributed by atoms with Crippen LogP contribution in [0.3, 0.4) is 0 Å². The third kappa shape index (κ3) is 2.28. The molecule has 2 unspecified atom stereocenters. The van der Waals surface area contributed by atoms with Gasteiger partial charge >= 0.3 is 0 Å². The number of aryl methyl sites for hydroxylation is 1. The van der Waals surface area contributed by atoms with E-state index in [1.165, 1.54) is 0 Å². The summed E-state index contributed by atoms with van der Waals surface area (Å²) in [5, 5.41) is 10.6. The molecule has 3 heteroatoms. The van der Waals surface area contributed by atoms with E-state index in [1.807, 2.05) is 19.1 Å². The summed E-state index contributed by atoms with van der Waals surface area (Å²) >= 11 is 3.48. The van der Waals surface area contributed by atoms with Gasteiger partial charge in [-0.25, -0.2) is 0 Å². The topological polar surface area (TPSA) is 37.3 Å². The minimum Gasteiger partial charge on any atom is -0.511 e. The molecule has 2 atom stereocenters. The zero-order valence-corrected chi connectivity index (χ0v) is 13.7. The molecule has 0 spiro atoms. The van der Waals surface area contributed by atoms with Crippen molar-refractivity contribution in [2.75, 3.05) is 0 Å². The fourth-order valence-corrected chi connectivity index (χ4v) is 4.38. The molecule has 2 aliphatic rings. The van der Waals surface area contributed by atoms with Crippen LogP contribution in [-0.2, 0) is 4.79 Å². The number of Topliss-reactive ketones (excluding diaryl/α,β-unsaturated/α-hetero) is 1. The Labute approximate surface area is 133 Å². The third-order valence-electron chi connectivity index (χ3n) is 4.76. The van der Waals surface area contributed by atoms with Crippen molar-refractivity contribution in [1.82, 2.24) is 0 Å². The number of carbonyl (C=O) groups is 1. The summed E-state index contributed by atoms with van der Waals surface area (Å²) in [6.45, 7) is 5.82. The van der Waals surface area contributed by atoms with Gasteiger partial charge in [0.05, 0.1) is 5.57 Å². The van der Waals surface area contributed by atoms with Gasteiger partial charge in [-0.2, -0.15) is 0 Å². The maximum atomic E-state index is 12.8. The second kappa shape index (κ2) is 5.45. The second-order valence-corrected chi connectivity index (χ2v) is 6.93. The molecule has 0 radical (unpaired) electrons. The number of benzene rings is 1. The van der Waals surface area contributed by atoms with Crippen LogP contribution in [-0.4, -0.2) is 10.9 Å². The molecule has 2 aliphatic carbocycles. The van der Waals surface area contributed by atoms with Gasteiger partial charge in [0.15, 0.2) is 5.78 Å². The molecular formula is C18H19BrO2. The Morgan fingerprint density at radius 3 is 2.57 bits per heavy atom. The monoisotopic (exact) mass is 346 g/mol. The summed E-state index contributed by atoms with van der Waals surface area (Å²) in [7, 11) is 0. The first-order valence-corrected chi connectivity index (χ1v) is 8.24. The van der Waals surface area contributed by atoms with E-state index in [4.69, 9.17) is 0 Å². The van der Waals surface area contributed by atoms with Crippen molar-refractivity contribution in [2.45, 2.75) is 32.6 Å². The molecule has 0 bridgehead atoms. The van der Waals surface area contributed by atoms with Crippen molar-refractivity contribution in [3.8, 4) is 0 Å². The Kier molecular flexibility index (Phi) is 3.78. The Morgan fingerprint density at radius 2 is 1.95 bits per heavy atom. The van der Waals surface area contributed by atoms with Crippen LogP contribution in [0.2, 0.25) is 0 Å². The molecule has 0 aliphatic heterocycles. The highest BCUT2D eigenvalue weighted by molar-refractivity contribution is 9.10. The van der Waals surface area contributed by atoms with Crippen LogP contribution in [0, 0.1) is 18.8 Å². The fraction of sp³-hybridized carbons (Fsp3) is 0.389. The number of rotatable bonds is 2. The molecule has 1 saturated carbocycles. The highest BCUT2D eigenvalue weighted by Gasteiger charge is 2.44. The minimum absolute atomic E-state index is 0.0190. The Balaban J connectivity index is 2.18. The predicted octanol–water partition coefficient (Wildman–Crippen LogP) is 5.06. The summed E-state index contributed by atoms with van der Waals surface area (Å²) in [4.78, 5) is 12.8. The van der Waals surface area contributed by atoms with E-state index in [2.05, 4.69) is 22.5 Å². The SMILES string of the molecule is C=Cc1cc(Br)cc(C)c1C1=C(O)C2CCCCC2C1=O. The highest BCUT2D eigenvalue weighted by Crippen LogP contribution is 2.47. The van der Waals surface area contributed by atoms with E-state index in [0.717, 1.165) is 46.8 Å². The summed E-state index contributed by atoms with van der Waals surface area (Å²) in [6.07, 6.45) is 5.75. The van der Waals surface area contributed by atoms with Crippen molar-refractivity contribution >= 4 is 33.4 Å². The van der Waals surface area contributed by atoms with E-state index >= 15 is 0 Å². The van der Waals surface area contributed by atoms with Crippen molar-refractivity contribution in [2.24, 2.45) is 11.8 Å². The van der Waals surface area contributed by atoms with Crippen LogP contribution in [0.15, 0.2) is 28.9 Å². The van der Waals surface area contributed by atoms with Gasteiger partial charge in [-0.05, 0) is 48.6 Å². The average Bonchev–Trinajstić information content (AvgIpc) is 2.71. The number of hydrogen-bond acceptors (Lipinski definition) is 2. The number of halogens is 1. The minimum atomic E-state index is -0.0190. The van der Waals surface area contributed by atoms with Gasteiger partial charge in [-0.1, -0.05) is 41.4 Å². The summed E-state index contributed by atoms with van der Waals surface area (Å²) in [6, 6.07) is 3.93. The molecule has 2 nitrogen and oxygen atoms in total. The number of ketones is 1. The molecule has 0 heterocycles. The van der Waals surface area contributed by atoms with E-state index in [9.17, 15) is 9.90 Å². The first-order chi connectivity index (χ1) is 10.0. The molecule has 1 aromatic rings. The molecule has 21 heavy (non-hydrogen) atoms. The van der Waals surface area contributed by atoms with E-state index in [-0.39, 0.29) is 17.6 Å². The van der Waals surface area contributed by atoms with Gasteiger partial charge in [-0.3, -0.25) is 4.79 Å².